The van der Waals surface area contributed by atoms with Gasteiger partial charge in [-0.15, -0.1) is 0 Å². The van der Waals surface area contributed by atoms with Gasteiger partial charge in [-0.2, -0.15) is 0 Å². The van der Waals surface area contributed by atoms with Gasteiger partial charge < -0.3 is 0 Å². The van der Waals surface area contributed by atoms with E-state index in [2.05, 4.69) is 27.7 Å². The maximum Gasteiger partial charge on any atom is -0.0385 e. The second-order valence-corrected chi connectivity index (χ2v) is 2.91. The maximum atomic E-state index is 2.24. The molecular weight excluding hydrogens is 96.1 g/mol. The molecule has 0 aliphatic rings. The second kappa shape index (κ2) is 5.14. The Morgan fingerprint density at radius 3 is 1.12 bits per heavy atom. The highest BCUT2D eigenvalue weighted by atomic mass is 14.1. The van der Waals surface area contributed by atoms with Gasteiger partial charge in [-0.3, -0.25) is 0 Å². The molecule has 0 fully saturated rings. The van der Waals surface area contributed by atoms with E-state index in [1.165, 1.54) is 6.42 Å². The summed E-state index contributed by atoms with van der Waals surface area (Å²) in [6.45, 7) is 12.9. The van der Waals surface area contributed by atoms with E-state index in [0.29, 0.717) is 5.41 Å². The van der Waals surface area contributed by atoms with Gasteiger partial charge in [-0.05, 0) is 5.41 Å². The largest absolute Gasteiger partial charge is 0.0683 e. The van der Waals surface area contributed by atoms with Crippen LogP contribution >= 0.6 is 0 Å². The first-order valence-corrected chi connectivity index (χ1v) is 3.56. The van der Waals surface area contributed by atoms with Crippen molar-refractivity contribution in [2.45, 2.75) is 48.0 Å². The van der Waals surface area contributed by atoms with Crippen LogP contribution in [0.1, 0.15) is 48.0 Å². The van der Waals surface area contributed by atoms with E-state index >= 15 is 0 Å². The third-order valence-electron chi connectivity index (χ3n) is 1.06. The van der Waals surface area contributed by atoms with Crippen molar-refractivity contribution in [3.8, 4) is 0 Å². The third kappa shape index (κ3) is 16.7. The molecule has 0 saturated heterocycles. The van der Waals surface area contributed by atoms with E-state index < -0.39 is 0 Å². The Labute approximate surface area is 54.3 Å². The van der Waals surface area contributed by atoms with Crippen molar-refractivity contribution >= 4 is 0 Å². The van der Waals surface area contributed by atoms with Crippen molar-refractivity contribution in [3.63, 3.8) is 0 Å². The molecule has 0 radical (unpaired) electrons. The van der Waals surface area contributed by atoms with Crippen LogP contribution < -0.4 is 0 Å². The van der Waals surface area contributed by atoms with Gasteiger partial charge >= 0.3 is 0 Å². The average molecular weight is 116 g/mol. The lowest BCUT2D eigenvalue weighted by atomic mass is 9.94. The Kier molecular flexibility index (Phi) is 7.00. The maximum absolute atomic E-state index is 2.24. The predicted octanol–water partition coefficient (Wildman–Crippen LogP) is 3.47. The molecule has 0 aromatic rings. The molecule has 0 aliphatic heterocycles. The summed E-state index contributed by atoms with van der Waals surface area (Å²) >= 11 is 0. The Bertz CT molecular complexity index is 29.8. The monoisotopic (exact) mass is 116 g/mol. The molecular formula is C8H20. The van der Waals surface area contributed by atoms with E-state index in [-0.39, 0.29) is 0 Å². The predicted molar refractivity (Wildman–Crippen MR) is 41.1 cm³/mol. The lowest BCUT2D eigenvalue weighted by Gasteiger charge is -2.12. The highest BCUT2D eigenvalue weighted by molar-refractivity contribution is 4.55. The molecule has 0 aromatic carbocycles. The van der Waals surface area contributed by atoms with Crippen molar-refractivity contribution in [1.29, 1.82) is 0 Å². The molecule has 0 N–H and O–H groups in total. The van der Waals surface area contributed by atoms with Gasteiger partial charge in [-0.25, -0.2) is 0 Å². The van der Waals surface area contributed by atoms with Crippen LogP contribution in [-0.4, -0.2) is 0 Å². The minimum Gasteiger partial charge on any atom is -0.0683 e. The smallest absolute Gasteiger partial charge is 0.0385 e. The van der Waals surface area contributed by atoms with Gasteiger partial charge in [0.2, 0.25) is 0 Å². The summed E-state index contributed by atoms with van der Waals surface area (Å²) in [6, 6.07) is 0. The zero-order valence-corrected chi connectivity index (χ0v) is 7.21. The van der Waals surface area contributed by atoms with Crippen molar-refractivity contribution in [2.24, 2.45) is 5.41 Å². The quantitative estimate of drug-likeness (QED) is 0.454. The summed E-state index contributed by atoms with van der Waals surface area (Å²) in [5.74, 6) is 0. The van der Waals surface area contributed by atoms with Crippen LogP contribution in [0.5, 0.6) is 0 Å². The minimum atomic E-state index is 0.542. The fourth-order valence-electron chi connectivity index (χ4n) is 0. The Balaban J connectivity index is 0. The van der Waals surface area contributed by atoms with Crippen LogP contribution in [0.15, 0.2) is 0 Å². The lowest BCUT2D eigenvalue weighted by molar-refractivity contribution is 0.398. The summed E-state index contributed by atoms with van der Waals surface area (Å²) in [6.07, 6.45) is 1.27. The van der Waals surface area contributed by atoms with E-state index in [0.717, 1.165) is 0 Å². The van der Waals surface area contributed by atoms with Crippen LogP contribution in [0.25, 0.3) is 0 Å². The van der Waals surface area contributed by atoms with Gasteiger partial charge in [0.15, 0.2) is 0 Å². The summed E-state index contributed by atoms with van der Waals surface area (Å²) in [7, 11) is 0. The lowest BCUT2D eigenvalue weighted by Crippen LogP contribution is -2.00. The first-order chi connectivity index (χ1) is 3.56. The molecule has 0 atom stereocenters. The third-order valence-corrected chi connectivity index (χ3v) is 1.06. The van der Waals surface area contributed by atoms with Crippen LogP contribution in [0.4, 0.5) is 0 Å². The van der Waals surface area contributed by atoms with Crippen molar-refractivity contribution < 1.29 is 0 Å². The fourth-order valence-corrected chi connectivity index (χ4v) is 0. The summed E-state index contributed by atoms with van der Waals surface area (Å²) in [5, 5.41) is 0. The molecule has 0 bridgehead atoms. The molecule has 0 nitrogen and oxygen atoms in total. The summed E-state index contributed by atoms with van der Waals surface area (Å²) in [5.41, 5.74) is 0.542. The average Bonchev–Trinajstić information content (AvgIpc) is 1.71. The standard InChI is InChI=1S/C6H14.C2H6/c1-5-6(2,3)4;1-2/h5H2,1-4H3;1-2H3. The van der Waals surface area contributed by atoms with E-state index in [1.807, 2.05) is 13.8 Å². The van der Waals surface area contributed by atoms with Gasteiger partial charge in [0.25, 0.3) is 0 Å². The minimum absolute atomic E-state index is 0.542. The molecule has 0 saturated carbocycles. The molecule has 52 valence electrons. The number of hydrogen-bond donors (Lipinski definition) is 0. The molecule has 0 heterocycles. The van der Waals surface area contributed by atoms with Crippen molar-refractivity contribution in [3.05, 3.63) is 0 Å². The van der Waals surface area contributed by atoms with Gasteiger partial charge in [-0.1, -0.05) is 48.0 Å². The van der Waals surface area contributed by atoms with Gasteiger partial charge in [0.05, 0.1) is 0 Å². The topological polar surface area (TPSA) is 0 Å². The van der Waals surface area contributed by atoms with Crippen LogP contribution in [0, 0.1) is 5.41 Å². The fraction of sp³-hybridized carbons (Fsp3) is 1.00. The highest BCUT2D eigenvalue weighted by Crippen LogP contribution is 2.16. The molecule has 0 unspecified atom stereocenters. The Hall–Kier alpha value is 0. The van der Waals surface area contributed by atoms with Crippen molar-refractivity contribution in [2.75, 3.05) is 0 Å². The van der Waals surface area contributed by atoms with E-state index in [4.69, 9.17) is 0 Å². The Morgan fingerprint density at radius 1 is 1.00 bits per heavy atom. The molecule has 0 spiro atoms. The Morgan fingerprint density at radius 2 is 1.12 bits per heavy atom. The molecule has 8 heavy (non-hydrogen) atoms. The SMILES string of the molecule is CC.CCC(C)(C)C. The molecule has 0 heteroatoms. The molecule has 0 rings (SSSR count). The van der Waals surface area contributed by atoms with Crippen molar-refractivity contribution in [1.82, 2.24) is 0 Å². The highest BCUT2D eigenvalue weighted by Gasteiger charge is 2.03. The number of rotatable bonds is 0. The van der Waals surface area contributed by atoms with E-state index in [9.17, 15) is 0 Å². The van der Waals surface area contributed by atoms with Crippen LogP contribution in [0.3, 0.4) is 0 Å². The van der Waals surface area contributed by atoms with Gasteiger partial charge in [0.1, 0.15) is 0 Å². The normalized spacial score (nSPS) is 9.75. The zero-order chi connectivity index (χ0) is 7.21. The first kappa shape index (κ1) is 10.9. The van der Waals surface area contributed by atoms with E-state index in [1.54, 1.807) is 0 Å². The summed E-state index contributed by atoms with van der Waals surface area (Å²) in [4.78, 5) is 0. The van der Waals surface area contributed by atoms with Crippen LogP contribution in [0.2, 0.25) is 0 Å². The molecule has 0 aromatic heterocycles. The molecule has 0 aliphatic carbocycles. The first-order valence-electron chi connectivity index (χ1n) is 3.56. The number of hydrogen-bond acceptors (Lipinski definition) is 0. The summed E-state index contributed by atoms with van der Waals surface area (Å²) < 4.78 is 0. The zero-order valence-electron chi connectivity index (χ0n) is 7.21. The molecule has 0 amide bonds. The van der Waals surface area contributed by atoms with Gasteiger partial charge in [0, 0.05) is 0 Å². The second-order valence-electron chi connectivity index (χ2n) is 2.91. The van der Waals surface area contributed by atoms with Crippen LogP contribution in [-0.2, 0) is 0 Å².